The van der Waals surface area contributed by atoms with Gasteiger partial charge in [0, 0.05) is 12.6 Å². The lowest BCUT2D eigenvalue weighted by atomic mass is 9.84. The largest absolute Gasteiger partial charge is 0.453 e. The molecule has 1 fully saturated rings. The fourth-order valence-corrected chi connectivity index (χ4v) is 3.17. The van der Waals surface area contributed by atoms with Crippen molar-refractivity contribution < 1.29 is 14.3 Å². The first-order valence-corrected chi connectivity index (χ1v) is 8.75. The maximum absolute atomic E-state index is 11.8. The van der Waals surface area contributed by atoms with E-state index in [1.165, 1.54) is 51.5 Å². The van der Waals surface area contributed by atoms with Crippen LogP contribution in [0.25, 0.3) is 0 Å². The number of anilines is 1. The fraction of sp³-hybridized carbons (Fsp3) is 0.500. The quantitative estimate of drug-likeness (QED) is 0.644. The van der Waals surface area contributed by atoms with Crippen LogP contribution in [0.1, 0.15) is 57.4 Å². The van der Waals surface area contributed by atoms with Gasteiger partial charge in [-0.2, -0.15) is 0 Å². The van der Waals surface area contributed by atoms with Crippen LogP contribution in [-0.4, -0.2) is 23.1 Å². The van der Waals surface area contributed by atoms with E-state index in [1.807, 2.05) is 12.1 Å². The zero-order valence-corrected chi connectivity index (χ0v) is 14.9. The van der Waals surface area contributed by atoms with Gasteiger partial charge in [-0.05, 0) is 55.6 Å². The van der Waals surface area contributed by atoms with Gasteiger partial charge in [-0.3, -0.25) is 14.9 Å². The highest BCUT2D eigenvalue weighted by atomic mass is 32.1. The number of rotatable bonds is 4. The highest BCUT2D eigenvalue weighted by Gasteiger charge is 2.17. The first-order chi connectivity index (χ1) is 11.5. The molecule has 0 aliphatic heterocycles. The summed E-state index contributed by atoms with van der Waals surface area (Å²) in [4.78, 5) is 22.7. The molecule has 0 bridgehead atoms. The van der Waals surface area contributed by atoms with E-state index in [4.69, 9.17) is 17.0 Å². The molecule has 6 heteroatoms. The van der Waals surface area contributed by atoms with E-state index in [0.717, 1.165) is 5.69 Å². The predicted octanol–water partition coefficient (Wildman–Crippen LogP) is 3.50. The summed E-state index contributed by atoms with van der Waals surface area (Å²) >= 11 is 5.12. The minimum Gasteiger partial charge on any atom is -0.453 e. The normalized spacial score (nSPS) is 16.1. The topological polar surface area (TPSA) is 67.4 Å². The number of benzene rings is 1. The molecule has 1 aliphatic rings. The van der Waals surface area contributed by atoms with Gasteiger partial charge in [-0.1, -0.05) is 31.4 Å². The van der Waals surface area contributed by atoms with Crippen LogP contribution in [-0.2, 0) is 14.3 Å². The molecule has 1 atom stereocenters. The lowest BCUT2D eigenvalue weighted by Crippen LogP contribution is -2.41. The highest BCUT2D eigenvalue weighted by molar-refractivity contribution is 7.80. The van der Waals surface area contributed by atoms with E-state index >= 15 is 0 Å². The van der Waals surface area contributed by atoms with Crippen molar-refractivity contribution in [1.82, 2.24) is 5.32 Å². The van der Waals surface area contributed by atoms with Crippen molar-refractivity contribution in [3.8, 4) is 0 Å². The van der Waals surface area contributed by atoms with Gasteiger partial charge in [0.05, 0.1) is 0 Å². The second-order valence-electron chi connectivity index (χ2n) is 6.15. The van der Waals surface area contributed by atoms with E-state index in [-0.39, 0.29) is 5.11 Å². The molecule has 1 saturated carbocycles. The Labute approximate surface area is 148 Å². The molecule has 0 saturated heterocycles. The first-order valence-electron chi connectivity index (χ1n) is 8.34. The molecule has 5 nitrogen and oxygen atoms in total. The molecule has 1 amide bonds. The lowest BCUT2D eigenvalue weighted by Gasteiger charge is -2.22. The maximum Gasteiger partial charge on any atom is 0.303 e. The van der Waals surface area contributed by atoms with Crippen LogP contribution in [0.4, 0.5) is 5.69 Å². The molecule has 1 aromatic rings. The van der Waals surface area contributed by atoms with Crippen LogP contribution >= 0.6 is 12.2 Å². The third-order valence-corrected chi connectivity index (χ3v) is 4.40. The minimum absolute atomic E-state index is 0.185. The molecule has 0 aromatic heterocycles. The molecule has 2 rings (SSSR count). The zero-order chi connectivity index (χ0) is 17.5. The summed E-state index contributed by atoms with van der Waals surface area (Å²) < 4.78 is 4.81. The molecule has 130 valence electrons. The van der Waals surface area contributed by atoms with Crippen LogP contribution in [0.2, 0.25) is 0 Å². The Kier molecular flexibility index (Phi) is 6.73. The SMILES string of the molecule is CC(=O)OC(C)C(=O)NC(=S)Nc1ccc(C2CCCCC2)cc1. The number of thiocarbonyl (C=S) groups is 1. The number of esters is 1. The number of nitrogens with one attached hydrogen (secondary N) is 2. The average Bonchev–Trinajstić information content (AvgIpc) is 2.55. The van der Waals surface area contributed by atoms with E-state index in [1.54, 1.807) is 0 Å². The van der Waals surface area contributed by atoms with Gasteiger partial charge < -0.3 is 10.1 Å². The van der Waals surface area contributed by atoms with Gasteiger partial charge >= 0.3 is 5.97 Å². The summed E-state index contributed by atoms with van der Waals surface area (Å²) in [6.45, 7) is 2.76. The number of hydrogen-bond donors (Lipinski definition) is 2. The average molecular weight is 348 g/mol. The number of hydrogen-bond acceptors (Lipinski definition) is 4. The lowest BCUT2D eigenvalue weighted by molar-refractivity contribution is -0.152. The standard InChI is InChI=1S/C18H24N2O3S/c1-12(23-13(2)21)17(22)20-18(24)19-16-10-8-15(9-11-16)14-6-4-3-5-7-14/h8-12,14H,3-7H2,1-2H3,(H2,19,20,22,24). The van der Waals surface area contributed by atoms with Crippen LogP contribution < -0.4 is 10.6 Å². The molecular weight excluding hydrogens is 324 g/mol. The van der Waals surface area contributed by atoms with Crippen molar-refractivity contribution >= 4 is 34.9 Å². The Balaban J connectivity index is 1.85. The van der Waals surface area contributed by atoms with Crippen molar-refractivity contribution in [3.05, 3.63) is 29.8 Å². The van der Waals surface area contributed by atoms with E-state index < -0.39 is 18.0 Å². The van der Waals surface area contributed by atoms with Gasteiger partial charge in [-0.15, -0.1) is 0 Å². The second kappa shape index (κ2) is 8.78. The van der Waals surface area contributed by atoms with Crippen molar-refractivity contribution in [2.24, 2.45) is 0 Å². The van der Waals surface area contributed by atoms with Crippen LogP contribution in [0.3, 0.4) is 0 Å². The Morgan fingerprint density at radius 1 is 1.17 bits per heavy atom. The summed E-state index contributed by atoms with van der Waals surface area (Å²) in [7, 11) is 0. The number of amides is 1. The van der Waals surface area contributed by atoms with Crippen molar-refractivity contribution in [3.63, 3.8) is 0 Å². The summed E-state index contributed by atoms with van der Waals surface area (Å²) in [5.74, 6) is -0.305. The molecule has 1 unspecified atom stereocenters. The van der Waals surface area contributed by atoms with Gasteiger partial charge in [0.15, 0.2) is 11.2 Å². The molecule has 0 radical (unpaired) electrons. The third kappa shape index (κ3) is 5.60. The van der Waals surface area contributed by atoms with Gasteiger partial charge in [0.2, 0.25) is 0 Å². The van der Waals surface area contributed by atoms with Crippen LogP contribution in [0.15, 0.2) is 24.3 Å². The van der Waals surface area contributed by atoms with Gasteiger partial charge in [-0.25, -0.2) is 0 Å². The van der Waals surface area contributed by atoms with Crippen molar-refractivity contribution in [1.29, 1.82) is 0 Å². The summed E-state index contributed by atoms with van der Waals surface area (Å²) in [6, 6.07) is 8.17. The highest BCUT2D eigenvalue weighted by Crippen LogP contribution is 2.32. The fourth-order valence-electron chi connectivity index (χ4n) is 2.95. The number of carbonyl (C=O) groups excluding carboxylic acids is 2. The third-order valence-electron chi connectivity index (χ3n) is 4.19. The van der Waals surface area contributed by atoms with E-state index in [0.29, 0.717) is 5.92 Å². The van der Waals surface area contributed by atoms with E-state index in [9.17, 15) is 9.59 Å². The maximum atomic E-state index is 11.8. The summed E-state index contributed by atoms with van der Waals surface area (Å²) in [6.07, 6.45) is 5.60. The van der Waals surface area contributed by atoms with Crippen LogP contribution in [0.5, 0.6) is 0 Å². The first kappa shape index (κ1) is 18.4. The Hall–Kier alpha value is -1.95. The number of ether oxygens (including phenoxy) is 1. The Bertz CT molecular complexity index is 595. The second-order valence-corrected chi connectivity index (χ2v) is 6.56. The summed E-state index contributed by atoms with van der Waals surface area (Å²) in [5, 5.41) is 5.67. The van der Waals surface area contributed by atoms with Crippen molar-refractivity contribution in [2.45, 2.75) is 58.0 Å². The molecule has 0 heterocycles. The zero-order valence-electron chi connectivity index (χ0n) is 14.1. The molecule has 24 heavy (non-hydrogen) atoms. The summed E-state index contributed by atoms with van der Waals surface area (Å²) in [5.41, 5.74) is 2.18. The molecule has 1 aromatic carbocycles. The predicted molar refractivity (Wildman–Crippen MR) is 97.9 cm³/mol. The molecule has 1 aliphatic carbocycles. The Morgan fingerprint density at radius 2 is 1.79 bits per heavy atom. The van der Waals surface area contributed by atoms with Crippen molar-refractivity contribution in [2.75, 3.05) is 5.32 Å². The van der Waals surface area contributed by atoms with E-state index in [2.05, 4.69) is 22.8 Å². The molecular formula is C18H24N2O3S. The smallest absolute Gasteiger partial charge is 0.303 e. The van der Waals surface area contributed by atoms with Gasteiger partial charge in [0.25, 0.3) is 5.91 Å². The Morgan fingerprint density at radius 3 is 2.38 bits per heavy atom. The van der Waals surface area contributed by atoms with Gasteiger partial charge in [0.1, 0.15) is 0 Å². The number of carbonyl (C=O) groups is 2. The molecule has 0 spiro atoms. The monoisotopic (exact) mass is 348 g/mol. The van der Waals surface area contributed by atoms with Crippen LogP contribution in [0, 0.1) is 0 Å². The minimum atomic E-state index is -0.879. The molecule has 2 N–H and O–H groups in total.